The number of aromatic hydroxyl groups is 1. The minimum atomic E-state index is -0.435. The van der Waals surface area contributed by atoms with Crippen molar-refractivity contribution >= 4 is 6.09 Å². The number of amides is 1. The number of nitrogens with one attached hydrogen (secondary N) is 1. The molecule has 1 aliphatic rings. The van der Waals surface area contributed by atoms with Gasteiger partial charge in [0, 0.05) is 11.6 Å². The average Bonchev–Trinajstić information content (AvgIpc) is 2.64. The fraction of sp³-hybridized carbons (Fsp3) is 0.300. The van der Waals surface area contributed by atoms with Crippen LogP contribution in [-0.2, 0) is 4.74 Å². The zero-order valence-corrected chi connectivity index (χ0v) is 8.19. The number of hydrogen-bond acceptors (Lipinski definition) is 4. The zero-order valence-electron chi connectivity index (χ0n) is 8.19. The summed E-state index contributed by atoms with van der Waals surface area (Å²) in [6, 6.07) is 4.70. The van der Waals surface area contributed by atoms with Gasteiger partial charge in [-0.25, -0.2) is 4.79 Å². The lowest BCUT2D eigenvalue weighted by atomic mass is 10.1. The molecule has 0 spiro atoms. The van der Waals surface area contributed by atoms with Crippen molar-refractivity contribution in [2.45, 2.75) is 6.10 Å². The number of carbonyl (C=O) groups excluding carboxylic acids is 1. The summed E-state index contributed by atoms with van der Waals surface area (Å²) in [5, 5.41) is 11.8. The molecule has 2 N–H and O–H groups in total. The molecular weight excluding hydrogens is 198 g/mol. The molecule has 0 saturated carbocycles. The van der Waals surface area contributed by atoms with Crippen LogP contribution in [0.3, 0.4) is 0 Å². The van der Waals surface area contributed by atoms with Crippen molar-refractivity contribution in [3.8, 4) is 11.5 Å². The first-order valence-corrected chi connectivity index (χ1v) is 4.52. The monoisotopic (exact) mass is 209 g/mol. The van der Waals surface area contributed by atoms with Crippen LogP contribution < -0.4 is 10.1 Å². The van der Waals surface area contributed by atoms with Crippen LogP contribution in [0.4, 0.5) is 4.79 Å². The Morgan fingerprint density at radius 2 is 2.40 bits per heavy atom. The molecule has 5 heteroatoms. The zero-order chi connectivity index (χ0) is 10.8. The third-order valence-corrected chi connectivity index (χ3v) is 2.25. The highest BCUT2D eigenvalue weighted by molar-refractivity contribution is 5.70. The molecule has 5 nitrogen and oxygen atoms in total. The van der Waals surface area contributed by atoms with E-state index in [1.807, 2.05) is 0 Å². The van der Waals surface area contributed by atoms with Crippen LogP contribution >= 0.6 is 0 Å². The molecule has 80 valence electrons. The van der Waals surface area contributed by atoms with Crippen molar-refractivity contribution < 1.29 is 19.4 Å². The van der Waals surface area contributed by atoms with E-state index in [0.29, 0.717) is 12.3 Å². The molecule has 1 aliphatic heterocycles. The van der Waals surface area contributed by atoms with Crippen LogP contribution in [0.1, 0.15) is 11.7 Å². The van der Waals surface area contributed by atoms with E-state index in [-0.39, 0.29) is 11.9 Å². The van der Waals surface area contributed by atoms with Gasteiger partial charge in [0.15, 0.2) is 0 Å². The van der Waals surface area contributed by atoms with Crippen molar-refractivity contribution in [2.24, 2.45) is 0 Å². The topological polar surface area (TPSA) is 67.8 Å². The van der Waals surface area contributed by atoms with Gasteiger partial charge < -0.3 is 19.9 Å². The maximum Gasteiger partial charge on any atom is 0.407 e. The second-order valence-corrected chi connectivity index (χ2v) is 3.20. The van der Waals surface area contributed by atoms with Gasteiger partial charge in [-0.15, -0.1) is 0 Å². The van der Waals surface area contributed by atoms with Gasteiger partial charge in [0.25, 0.3) is 0 Å². The maximum absolute atomic E-state index is 10.9. The predicted octanol–water partition coefficient (Wildman–Crippen LogP) is 1.18. The van der Waals surface area contributed by atoms with Crippen LogP contribution in [0.15, 0.2) is 18.2 Å². The quantitative estimate of drug-likeness (QED) is 0.767. The molecule has 1 fully saturated rings. The van der Waals surface area contributed by atoms with Gasteiger partial charge in [0.1, 0.15) is 17.6 Å². The van der Waals surface area contributed by atoms with Gasteiger partial charge in [-0.05, 0) is 12.1 Å². The lowest BCUT2D eigenvalue weighted by Crippen LogP contribution is -2.12. The standard InChI is InChI=1S/C10H11NO4/c1-14-8-4-6(12)2-3-7(8)9-5-11-10(13)15-9/h2-4,9,12H,5H2,1H3,(H,11,13). The molecule has 1 atom stereocenters. The number of phenols is 1. The molecular formula is C10H11NO4. The number of alkyl carbamates (subject to hydrolysis) is 1. The first kappa shape index (κ1) is 9.64. The van der Waals surface area contributed by atoms with Gasteiger partial charge in [-0.1, -0.05) is 0 Å². The molecule has 2 rings (SSSR count). The Bertz CT molecular complexity index is 391. The minimum absolute atomic E-state index is 0.118. The number of benzene rings is 1. The summed E-state index contributed by atoms with van der Waals surface area (Å²) in [6.45, 7) is 0.417. The number of phenolic OH excluding ortho intramolecular Hbond substituents is 1. The Labute approximate surface area is 86.6 Å². The van der Waals surface area contributed by atoms with E-state index in [1.54, 1.807) is 6.07 Å². The third-order valence-electron chi connectivity index (χ3n) is 2.25. The Kier molecular flexibility index (Phi) is 2.37. The van der Waals surface area contributed by atoms with E-state index >= 15 is 0 Å². The number of methoxy groups -OCH3 is 1. The third kappa shape index (κ3) is 1.81. The summed E-state index contributed by atoms with van der Waals surface area (Å²) in [5.74, 6) is 0.629. The molecule has 1 heterocycles. The van der Waals surface area contributed by atoms with Crippen LogP contribution in [0.2, 0.25) is 0 Å². The van der Waals surface area contributed by atoms with Crippen molar-refractivity contribution in [2.75, 3.05) is 13.7 Å². The van der Waals surface area contributed by atoms with Crippen molar-refractivity contribution in [1.82, 2.24) is 5.32 Å². The Hall–Kier alpha value is -1.91. The molecule has 15 heavy (non-hydrogen) atoms. The predicted molar refractivity (Wildman–Crippen MR) is 51.9 cm³/mol. The smallest absolute Gasteiger partial charge is 0.407 e. The van der Waals surface area contributed by atoms with Crippen LogP contribution in [0, 0.1) is 0 Å². The summed E-state index contributed by atoms with van der Waals surface area (Å²) >= 11 is 0. The molecule has 1 aromatic carbocycles. The minimum Gasteiger partial charge on any atom is -0.508 e. The Balaban J connectivity index is 2.31. The number of carbonyl (C=O) groups is 1. The maximum atomic E-state index is 10.9. The SMILES string of the molecule is COc1cc(O)ccc1C1CNC(=O)O1. The van der Waals surface area contributed by atoms with Crippen LogP contribution in [0.25, 0.3) is 0 Å². The molecule has 1 unspecified atom stereocenters. The van der Waals surface area contributed by atoms with E-state index in [9.17, 15) is 9.90 Å². The first-order chi connectivity index (χ1) is 7.20. The summed E-state index contributed by atoms with van der Waals surface area (Å²) in [7, 11) is 1.50. The number of ether oxygens (including phenoxy) is 2. The highest BCUT2D eigenvalue weighted by Crippen LogP contribution is 2.32. The normalized spacial score (nSPS) is 19.5. The van der Waals surface area contributed by atoms with E-state index in [0.717, 1.165) is 5.56 Å². The summed E-state index contributed by atoms with van der Waals surface area (Å²) in [4.78, 5) is 10.9. The fourth-order valence-electron chi connectivity index (χ4n) is 1.53. The van der Waals surface area contributed by atoms with E-state index in [1.165, 1.54) is 19.2 Å². The van der Waals surface area contributed by atoms with Crippen molar-refractivity contribution in [1.29, 1.82) is 0 Å². The molecule has 0 radical (unpaired) electrons. The number of hydrogen-bond donors (Lipinski definition) is 2. The second kappa shape index (κ2) is 3.68. The first-order valence-electron chi connectivity index (χ1n) is 4.52. The van der Waals surface area contributed by atoms with Gasteiger partial charge in [0.2, 0.25) is 0 Å². The van der Waals surface area contributed by atoms with Crippen molar-refractivity contribution in [3.05, 3.63) is 23.8 Å². The van der Waals surface area contributed by atoms with Crippen LogP contribution in [0.5, 0.6) is 11.5 Å². The van der Waals surface area contributed by atoms with Crippen molar-refractivity contribution in [3.63, 3.8) is 0 Å². The van der Waals surface area contributed by atoms with Gasteiger partial charge in [-0.3, -0.25) is 0 Å². The largest absolute Gasteiger partial charge is 0.508 e. The summed E-state index contributed by atoms with van der Waals surface area (Å²) < 4.78 is 10.1. The molecule has 0 aliphatic carbocycles. The molecule has 0 aromatic heterocycles. The van der Waals surface area contributed by atoms with Gasteiger partial charge in [0.05, 0.1) is 13.7 Å². The summed E-state index contributed by atoms with van der Waals surface area (Å²) in [6.07, 6.45) is -0.789. The van der Waals surface area contributed by atoms with Gasteiger partial charge in [-0.2, -0.15) is 0 Å². The van der Waals surface area contributed by atoms with E-state index < -0.39 is 6.09 Å². The Morgan fingerprint density at radius 3 is 3.00 bits per heavy atom. The molecule has 0 bridgehead atoms. The van der Waals surface area contributed by atoms with E-state index in [4.69, 9.17) is 9.47 Å². The second-order valence-electron chi connectivity index (χ2n) is 3.20. The molecule has 1 amide bonds. The number of rotatable bonds is 2. The van der Waals surface area contributed by atoms with E-state index in [2.05, 4.69) is 5.32 Å². The highest BCUT2D eigenvalue weighted by Gasteiger charge is 2.26. The fourth-order valence-corrected chi connectivity index (χ4v) is 1.53. The van der Waals surface area contributed by atoms with Crippen LogP contribution in [-0.4, -0.2) is 24.9 Å². The summed E-state index contributed by atoms with van der Waals surface area (Å²) in [5.41, 5.74) is 0.744. The Morgan fingerprint density at radius 1 is 1.60 bits per heavy atom. The lowest BCUT2D eigenvalue weighted by molar-refractivity contribution is 0.139. The number of cyclic esters (lactones) is 1. The lowest BCUT2D eigenvalue weighted by Gasteiger charge is -2.12. The van der Waals surface area contributed by atoms with Gasteiger partial charge >= 0.3 is 6.09 Å². The molecule has 1 saturated heterocycles. The average molecular weight is 209 g/mol. The molecule has 1 aromatic rings. The highest BCUT2D eigenvalue weighted by atomic mass is 16.6.